The number of aryl methyl sites for hydroxylation is 2. The van der Waals surface area contributed by atoms with Gasteiger partial charge in [0, 0.05) is 5.69 Å². The molecule has 3 aromatic carbocycles. The fraction of sp³-hybridized carbons (Fsp3) is 0.130. The van der Waals surface area contributed by atoms with Crippen molar-refractivity contribution in [2.45, 2.75) is 20.3 Å². The van der Waals surface area contributed by atoms with Crippen molar-refractivity contribution in [3.05, 3.63) is 83.9 Å². The van der Waals surface area contributed by atoms with Crippen LogP contribution in [0.1, 0.15) is 17.5 Å². The van der Waals surface area contributed by atoms with E-state index in [1.807, 2.05) is 68.4 Å². The van der Waals surface area contributed by atoms with Gasteiger partial charge in [0.15, 0.2) is 5.75 Å². The molecule has 0 aromatic heterocycles. The first kappa shape index (κ1) is 19.2. The van der Waals surface area contributed by atoms with E-state index in [-0.39, 0.29) is 12.3 Å². The van der Waals surface area contributed by atoms with Crippen molar-refractivity contribution >= 4 is 23.2 Å². The highest BCUT2D eigenvalue weighted by Gasteiger charge is 2.13. The number of benzene rings is 3. The average molecular weight is 374 g/mol. The quantitative estimate of drug-likeness (QED) is 0.593. The van der Waals surface area contributed by atoms with Crippen LogP contribution in [0.4, 0.5) is 11.4 Å². The van der Waals surface area contributed by atoms with E-state index in [9.17, 15) is 9.59 Å². The van der Waals surface area contributed by atoms with E-state index in [1.165, 1.54) is 0 Å². The summed E-state index contributed by atoms with van der Waals surface area (Å²) in [5.74, 6) is 0.394. The third-order valence-electron chi connectivity index (χ3n) is 4.11. The molecule has 3 aromatic rings. The largest absolute Gasteiger partial charge is 0.455 e. The standard InChI is InChI=1S/C23H22N2O3/c1-16-12-13-19(17(2)14-16)24-22(26)15-23(27)25-20-10-6-7-11-21(20)28-18-8-4-3-5-9-18/h3-14H,15H2,1-2H3,(H,24,26)(H,25,27). The predicted octanol–water partition coefficient (Wildman–Crippen LogP) is 5.06. The molecule has 0 aliphatic rings. The van der Waals surface area contributed by atoms with Crippen LogP contribution in [0.2, 0.25) is 0 Å². The Morgan fingerprint density at radius 3 is 2.14 bits per heavy atom. The Balaban J connectivity index is 1.62. The van der Waals surface area contributed by atoms with Crippen molar-refractivity contribution in [3.63, 3.8) is 0 Å². The summed E-state index contributed by atoms with van der Waals surface area (Å²) in [4.78, 5) is 24.6. The molecule has 0 fully saturated rings. The molecule has 2 N–H and O–H groups in total. The van der Waals surface area contributed by atoms with Gasteiger partial charge in [-0.2, -0.15) is 0 Å². The van der Waals surface area contributed by atoms with Gasteiger partial charge in [-0.15, -0.1) is 0 Å². The van der Waals surface area contributed by atoms with E-state index in [4.69, 9.17) is 4.74 Å². The zero-order valence-corrected chi connectivity index (χ0v) is 15.9. The fourth-order valence-corrected chi connectivity index (χ4v) is 2.76. The second-order valence-corrected chi connectivity index (χ2v) is 6.50. The second kappa shape index (κ2) is 8.86. The molecule has 0 spiro atoms. The number of amides is 2. The molecule has 0 saturated carbocycles. The van der Waals surface area contributed by atoms with Gasteiger partial charge in [-0.1, -0.05) is 48.0 Å². The number of ether oxygens (including phenoxy) is 1. The van der Waals surface area contributed by atoms with Crippen LogP contribution in [0.3, 0.4) is 0 Å². The summed E-state index contributed by atoms with van der Waals surface area (Å²) < 4.78 is 5.82. The van der Waals surface area contributed by atoms with Crippen LogP contribution in [0.25, 0.3) is 0 Å². The first-order valence-electron chi connectivity index (χ1n) is 9.00. The molecule has 0 radical (unpaired) electrons. The van der Waals surface area contributed by atoms with E-state index in [0.717, 1.165) is 11.1 Å². The monoisotopic (exact) mass is 374 g/mol. The lowest BCUT2D eigenvalue weighted by atomic mass is 10.1. The number of nitrogens with one attached hydrogen (secondary N) is 2. The molecule has 5 nitrogen and oxygen atoms in total. The number of carbonyl (C=O) groups excluding carboxylic acids is 2. The third kappa shape index (κ3) is 5.20. The van der Waals surface area contributed by atoms with Crippen molar-refractivity contribution in [2.24, 2.45) is 0 Å². The number of rotatable bonds is 6. The average Bonchev–Trinajstić information content (AvgIpc) is 2.66. The maximum absolute atomic E-state index is 12.3. The smallest absolute Gasteiger partial charge is 0.233 e. The Kier molecular flexibility index (Phi) is 6.07. The summed E-state index contributed by atoms with van der Waals surface area (Å²) in [5.41, 5.74) is 3.28. The molecule has 0 atom stereocenters. The van der Waals surface area contributed by atoms with Gasteiger partial charge in [-0.3, -0.25) is 9.59 Å². The molecule has 3 rings (SSSR count). The number of anilines is 2. The van der Waals surface area contributed by atoms with E-state index in [0.29, 0.717) is 22.9 Å². The third-order valence-corrected chi connectivity index (χ3v) is 4.11. The Hall–Kier alpha value is -3.60. The Morgan fingerprint density at radius 2 is 1.43 bits per heavy atom. The first-order chi connectivity index (χ1) is 13.5. The predicted molar refractivity (Wildman–Crippen MR) is 111 cm³/mol. The van der Waals surface area contributed by atoms with E-state index in [1.54, 1.807) is 18.2 Å². The summed E-state index contributed by atoms with van der Waals surface area (Å²) in [6.45, 7) is 3.90. The molecule has 0 saturated heterocycles. The van der Waals surface area contributed by atoms with E-state index >= 15 is 0 Å². The van der Waals surface area contributed by atoms with Gasteiger partial charge in [0.1, 0.15) is 12.2 Å². The van der Waals surface area contributed by atoms with Crippen molar-refractivity contribution in [3.8, 4) is 11.5 Å². The van der Waals surface area contributed by atoms with Crippen LogP contribution >= 0.6 is 0 Å². The molecule has 0 aliphatic carbocycles. The van der Waals surface area contributed by atoms with Crippen molar-refractivity contribution in [1.82, 2.24) is 0 Å². The van der Waals surface area contributed by atoms with Crippen LogP contribution < -0.4 is 15.4 Å². The van der Waals surface area contributed by atoms with Crippen LogP contribution in [0.15, 0.2) is 72.8 Å². The zero-order valence-electron chi connectivity index (χ0n) is 15.9. The lowest BCUT2D eigenvalue weighted by molar-refractivity contribution is -0.123. The van der Waals surface area contributed by atoms with Crippen molar-refractivity contribution in [2.75, 3.05) is 10.6 Å². The maximum Gasteiger partial charge on any atom is 0.233 e. The van der Waals surface area contributed by atoms with Gasteiger partial charge >= 0.3 is 0 Å². The van der Waals surface area contributed by atoms with E-state index in [2.05, 4.69) is 10.6 Å². The van der Waals surface area contributed by atoms with Crippen LogP contribution in [0.5, 0.6) is 11.5 Å². The number of hydrogen-bond acceptors (Lipinski definition) is 3. The lowest BCUT2D eigenvalue weighted by Gasteiger charge is -2.13. The van der Waals surface area contributed by atoms with Crippen LogP contribution in [0, 0.1) is 13.8 Å². The SMILES string of the molecule is Cc1ccc(NC(=O)CC(=O)Nc2ccccc2Oc2ccccc2)c(C)c1. The summed E-state index contributed by atoms with van der Waals surface area (Å²) in [7, 11) is 0. The minimum Gasteiger partial charge on any atom is -0.455 e. The maximum atomic E-state index is 12.3. The second-order valence-electron chi connectivity index (χ2n) is 6.50. The van der Waals surface area contributed by atoms with Gasteiger partial charge in [0.2, 0.25) is 11.8 Å². The summed E-state index contributed by atoms with van der Waals surface area (Å²) >= 11 is 0. The van der Waals surface area contributed by atoms with Crippen LogP contribution in [-0.4, -0.2) is 11.8 Å². The minimum atomic E-state index is -0.411. The van der Waals surface area contributed by atoms with Gasteiger partial charge in [0.25, 0.3) is 0 Å². The Bertz CT molecular complexity index is 984. The number of hydrogen-bond donors (Lipinski definition) is 2. The van der Waals surface area contributed by atoms with Crippen LogP contribution in [-0.2, 0) is 9.59 Å². The minimum absolute atomic E-state index is 0.285. The van der Waals surface area contributed by atoms with Gasteiger partial charge in [-0.05, 0) is 49.7 Å². The first-order valence-corrected chi connectivity index (χ1v) is 9.00. The van der Waals surface area contributed by atoms with Gasteiger partial charge in [-0.25, -0.2) is 0 Å². The summed E-state index contributed by atoms with van der Waals surface area (Å²) in [6, 6.07) is 22.1. The Morgan fingerprint density at radius 1 is 0.786 bits per heavy atom. The van der Waals surface area contributed by atoms with E-state index < -0.39 is 5.91 Å². The summed E-state index contributed by atoms with van der Waals surface area (Å²) in [6.07, 6.45) is -0.285. The highest BCUT2D eigenvalue weighted by atomic mass is 16.5. The normalized spacial score (nSPS) is 10.2. The molecular formula is C23H22N2O3. The molecule has 0 aliphatic heterocycles. The molecule has 5 heteroatoms. The molecule has 28 heavy (non-hydrogen) atoms. The molecule has 0 bridgehead atoms. The molecular weight excluding hydrogens is 352 g/mol. The molecule has 2 amide bonds. The highest BCUT2D eigenvalue weighted by Crippen LogP contribution is 2.29. The molecule has 0 unspecified atom stereocenters. The topological polar surface area (TPSA) is 67.4 Å². The van der Waals surface area contributed by atoms with Crippen molar-refractivity contribution < 1.29 is 14.3 Å². The zero-order chi connectivity index (χ0) is 19.9. The van der Waals surface area contributed by atoms with Gasteiger partial charge in [0.05, 0.1) is 5.69 Å². The highest BCUT2D eigenvalue weighted by molar-refractivity contribution is 6.08. The van der Waals surface area contributed by atoms with Crippen molar-refractivity contribution in [1.29, 1.82) is 0 Å². The Labute approximate surface area is 164 Å². The summed E-state index contributed by atoms with van der Waals surface area (Å²) in [5, 5.41) is 5.52. The van der Waals surface area contributed by atoms with Gasteiger partial charge < -0.3 is 15.4 Å². The molecule has 142 valence electrons. The molecule has 0 heterocycles. The number of carbonyl (C=O) groups is 2. The lowest BCUT2D eigenvalue weighted by Crippen LogP contribution is -2.22. The fourth-order valence-electron chi connectivity index (χ4n) is 2.76. The number of para-hydroxylation sites is 3.